The lowest BCUT2D eigenvalue weighted by Gasteiger charge is -2.16. The van der Waals surface area contributed by atoms with Gasteiger partial charge in [0.05, 0.1) is 0 Å². The molecule has 66 valence electrons. The number of rotatable bonds is 1. The van der Waals surface area contributed by atoms with Crippen LogP contribution < -0.4 is 0 Å². The molecule has 0 heterocycles. The highest BCUT2D eigenvalue weighted by Gasteiger charge is 2.62. The van der Waals surface area contributed by atoms with Crippen LogP contribution in [0.25, 0.3) is 0 Å². The van der Waals surface area contributed by atoms with E-state index >= 15 is 0 Å². The first-order chi connectivity index (χ1) is 4.89. The van der Waals surface area contributed by atoms with Crippen molar-refractivity contribution < 1.29 is 17.6 Å². The molecule has 1 aliphatic rings. The Morgan fingerprint density at radius 2 is 1.45 bits per heavy atom. The molecule has 0 saturated heterocycles. The number of alkyl halides is 4. The van der Waals surface area contributed by atoms with Gasteiger partial charge in [0.15, 0.2) is 0 Å². The van der Waals surface area contributed by atoms with E-state index in [4.69, 9.17) is 0 Å². The van der Waals surface area contributed by atoms with Crippen LogP contribution in [0, 0.1) is 5.92 Å². The minimum absolute atomic E-state index is 0.408. The maximum Gasteiger partial charge on any atom is 0.310 e. The summed E-state index contributed by atoms with van der Waals surface area (Å²) in [6.45, 7) is 1.65. The van der Waals surface area contributed by atoms with Crippen LogP contribution in [0.5, 0.6) is 0 Å². The van der Waals surface area contributed by atoms with E-state index in [0.29, 0.717) is 6.42 Å². The van der Waals surface area contributed by atoms with Gasteiger partial charge in [-0.15, -0.1) is 0 Å². The average molecular weight is 170 g/mol. The van der Waals surface area contributed by atoms with Crippen LogP contribution in [-0.2, 0) is 0 Å². The molecule has 0 aromatic heterocycles. The fourth-order valence-electron chi connectivity index (χ4n) is 1.38. The Kier molecular flexibility index (Phi) is 1.89. The molecule has 0 spiro atoms. The summed E-state index contributed by atoms with van der Waals surface area (Å²) < 4.78 is 49.6. The van der Waals surface area contributed by atoms with Crippen molar-refractivity contribution in [3.05, 3.63) is 0 Å². The fourth-order valence-corrected chi connectivity index (χ4v) is 1.38. The van der Waals surface area contributed by atoms with E-state index in [1.165, 1.54) is 0 Å². The molecular formula is C7H10F4. The molecule has 0 nitrogen and oxygen atoms in total. The Bertz CT molecular complexity index is 137. The highest BCUT2D eigenvalue weighted by molar-refractivity contribution is 4.95. The predicted molar refractivity (Wildman–Crippen MR) is 32.9 cm³/mol. The van der Waals surface area contributed by atoms with E-state index in [0.717, 1.165) is 0 Å². The third-order valence-corrected chi connectivity index (χ3v) is 2.20. The summed E-state index contributed by atoms with van der Waals surface area (Å²) in [7, 11) is 0. The topological polar surface area (TPSA) is 0 Å². The van der Waals surface area contributed by atoms with E-state index in [2.05, 4.69) is 0 Å². The molecule has 0 aromatic rings. The Balaban J connectivity index is 2.72. The van der Waals surface area contributed by atoms with Gasteiger partial charge in [0.2, 0.25) is 0 Å². The first kappa shape index (κ1) is 8.81. The Hall–Kier alpha value is -0.280. The third kappa shape index (κ3) is 1.35. The molecule has 0 radical (unpaired) electrons. The van der Waals surface area contributed by atoms with Crippen molar-refractivity contribution in [2.75, 3.05) is 0 Å². The van der Waals surface area contributed by atoms with E-state index < -0.39 is 30.6 Å². The quantitative estimate of drug-likeness (QED) is 0.530. The molecule has 1 rings (SSSR count). The molecule has 0 amide bonds. The summed E-state index contributed by atoms with van der Waals surface area (Å²) in [5.41, 5.74) is 0. The van der Waals surface area contributed by atoms with E-state index in [1.807, 2.05) is 0 Å². The van der Waals surface area contributed by atoms with Crippen LogP contribution in [0.1, 0.15) is 26.2 Å². The van der Waals surface area contributed by atoms with Crippen LogP contribution in [0.2, 0.25) is 0 Å². The number of halogens is 4. The average Bonchev–Trinajstić information content (AvgIpc) is 2.03. The highest BCUT2D eigenvalue weighted by atomic mass is 19.3. The van der Waals surface area contributed by atoms with E-state index in [1.54, 1.807) is 6.92 Å². The molecule has 1 saturated carbocycles. The van der Waals surface area contributed by atoms with Crippen LogP contribution in [0.3, 0.4) is 0 Å². The predicted octanol–water partition coefficient (Wildman–Crippen LogP) is 3.08. The SMILES string of the molecule is CCC1CC(F)(F)C(F)(F)C1. The second-order valence-corrected chi connectivity index (χ2v) is 3.09. The molecule has 0 N–H and O–H groups in total. The Morgan fingerprint density at radius 3 is 1.64 bits per heavy atom. The summed E-state index contributed by atoms with van der Waals surface area (Å²) in [5, 5.41) is 0. The van der Waals surface area contributed by atoms with Crippen molar-refractivity contribution in [3.8, 4) is 0 Å². The summed E-state index contributed by atoms with van der Waals surface area (Å²) in [6.07, 6.45) is -0.905. The van der Waals surface area contributed by atoms with Gasteiger partial charge in [0.25, 0.3) is 0 Å². The molecule has 0 atom stereocenters. The van der Waals surface area contributed by atoms with Gasteiger partial charge < -0.3 is 0 Å². The van der Waals surface area contributed by atoms with Crippen molar-refractivity contribution in [2.45, 2.75) is 38.0 Å². The lowest BCUT2D eigenvalue weighted by Crippen LogP contribution is -2.33. The largest absolute Gasteiger partial charge is 0.310 e. The first-order valence-electron chi connectivity index (χ1n) is 3.64. The summed E-state index contributed by atoms with van der Waals surface area (Å²) in [4.78, 5) is 0. The minimum Gasteiger partial charge on any atom is -0.200 e. The van der Waals surface area contributed by atoms with Crippen LogP contribution in [-0.4, -0.2) is 11.8 Å². The Labute approximate surface area is 62.6 Å². The fraction of sp³-hybridized carbons (Fsp3) is 1.00. The smallest absolute Gasteiger partial charge is 0.200 e. The van der Waals surface area contributed by atoms with Gasteiger partial charge in [0, 0.05) is 12.8 Å². The molecule has 4 heteroatoms. The molecule has 0 bridgehead atoms. The van der Waals surface area contributed by atoms with Crippen LogP contribution in [0.15, 0.2) is 0 Å². The van der Waals surface area contributed by atoms with Gasteiger partial charge in [-0.3, -0.25) is 0 Å². The van der Waals surface area contributed by atoms with Gasteiger partial charge in [0.1, 0.15) is 0 Å². The van der Waals surface area contributed by atoms with Crippen molar-refractivity contribution >= 4 is 0 Å². The second-order valence-electron chi connectivity index (χ2n) is 3.09. The summed E-state index contributed by atoms with van der Waals surface area (Å²) in [5.74, 6) is -8.05. The van der Waals surface area contributed by atoms with Crippen molar-refractivity contribution in [1.29, 1.82) is 0 Å². The molecule has 0 aromatic carbocycles. The maximum atomic E-state index is 12.4. The summed E-state index contributed by atoms with van der Waals surface area (Å²) in [6, 6.07) is 0. The molecule has 11 heavy (non-hydrogen) atoms. The van der Waals surface area contributed by atoms with Gasteiger partial charge in [-0.1, -0.05) is 13.3 Å². The molecule has 1 fully saturated rings. The van der Waals surface area contributed by atoms with Crippen LogP contribution >= 0.6 is 0 Å². The molecule has 0 aliphatic heterocycles. The zero-order valence-electron chi connectivity index (χ0n) is 6.21. The highest BCUT2D eigenvalue weighted by Crippen LogP contribution is 2.51. The van der Waals surface area contributed by atoms with Crippen molar-refractivity contribution in [1.82, 2.24) is 0 Å². The standard InChI is InChI=1S/C7H10F4/c1-2-5-3-6(8,9)7(10,11)4-5/h5H,2-4H2,1H3. The third-order valence-electron chi connectivity index (χ3n) is 2.20. The van der Waals surface area contributed by atoms with Crippen molar-refractivity contribution in [2.24, 2.45) is 5.92 Å². The van der Waals surface area contributed by atoms with Gasteiger partial charge in [-0.05, 0) is 5.92 Å². The lowest BCUT2D eigenvalue weighted by molar-refractivity contribution is -0.185. The van der Waals surface area contributed by atoms with Gasteiger partial charge in [-0.25, -0.2) is 0 Å². The van der Waals surface area contributed by atoms with Crippen molar-refractivity contribution in [3.63, 3.8) is 0 Å². The van der Waals surface area contributed by atoms with Gasteiger partial charge >= 0.3 is 11.8 Å². The molecule has 1 aliphatic carbocycles. The minimum atomic E-state index is -3.77. The Morgan fingerprint density at radius 1 is 1.09 bits per heavy atom. The second kappa shape index (κ2) is 2.35. The first-order valence-corrected chi connectivity index (χ1v) is 3.64. The van der Waals surface area contributed by atoms with Gasteiger partial charge in [-0.2, -0.15) is 17.6 Å². The number of hydrogen-bond acceptors (Lipinski definition) is 0. The van der Waals surface area contributed by atoms with E-state index in [-0.39, 0.29) is 0 Å². The molecular weight excluding hydrogens is 160 g/mol. The molecule has 0 unspecified atom stereocenters. The zero-order chi connectivity index (χ0) is 8.70. The lowest BCUT2D eigenvalue weighted by atomic mass is 10.1. The zero-order valence-corrected chi connectivity index (χ0v) is 6.21. The summed E-state index contributed by atoms with van der Waals surface area (Å²) >= 11 is 0. The van der Waals surface area contributed by atoms with E-state index in [9.17, 15) is 17.6 Å². The monoisotopic (exact) mass is 170 g/mol. The number of hydrogen-bond donors (Lipinski definition) is 0. The van der Waals surface area contributed by atoms with Crippen LogP contribution in [0.4, 0.5) is 17.6 Å². The maximum absolute atomic E-state index is 12.4. The normalized spacial score (nSPS) is 29.2.